The standard InChI is InChI=1S/C24H23ClF4N2O6/c25-18-11-14(3-8-20(18)37-24(27,28)29)21(32)30-9-10-31-22(33)17-7-6-16(12-19(17)26)36-15-4-1-13(2-5-15)23(34)35/h3,6-8,11-13,15H,1-2,4-5,9-10H2,(H,30,32)(H,31,33)(H,34,35). The summed E-state index contributed by atoms with van der Waals surface area (Å²) in [5, 5.41) is 13.5. The monoisotopic (exact) mass is 546 g/mol. The second kappa shape index (κ2) is 12.1. The summed E-state index contributed by atoms with van der Waals surface area (Å²) in [4.78, 5) is 35.5. The third-order valence-electron chi connectivity index (χ3n) is 5.63. The molecule has 0 spiro atoms. The molecular formula is C24H23ClF4N2O6. The summed E-state index contributed by atoms with van der Waals surface area (Å²) in [6.45, 7) is -0.108. The van der Waals surface area contributed by atoms with Crippen molar-refractivity contribution in [2.24, 2.45) is 5.92 Å². The van der Waals surface area contributed by atoms with E-state index in [1.807, 2.05) is 0 Å². The maximum Gasteiger partial charge on any atom is 0.573 e. The molecule has 0 bridgehead atoms. The number of carboxylic acid groups (broad SMARTS) is 1. The molecule has 2 amide bonds. The first-order chi connectivity index (χ1) is 17.4. The number of benzene rings is 2. The van der Waals surface area contributed by atoms with Crippen LogP contribution in [0.1, 0.15) is 46.4 Å². The maximum absolute atomic E-state index is 14.5. The highest BCUT2D eigenvalue weighted by Gasteiger charge is 2.32. The van der Waals surface area contributed by atoms with Gasteiger partial charge in [-0.3, -0.25) is 14.4 Å². The molecule has 0 aliphatic heterocycles. The third kappa shape index (κ3) is 8.24. The molecule has 0 unspecified atom stereocenters. The van der Waals surface area contributed by atoms with Crippen molar-refractivity contribution in [2.75, 3.05) is 13.1 Å². The first kappa shape index (κ1) is 28.0. The summed E-state index contributed by atoms with van der Waals surface area (Å²) in [5.74, 6) is -3.85. The second-order valence-corrected chi connectivity index (χ2v) is 8.68. The minimum absolute atomic E-state index is 0.0241. The number of rotatable bonds is 9. The van der Waals surface area contributed by atoms with E-state index < -0.39 is 46.7 Å². The van der Waals surface area contributed by atoms with Crippen molar-refractivity contribution < 1.29 is 46.5 Å². The van der Waals surface area contributed by atoms with Gasteiger partial charge in [-0.25, -0.2) is 4.39 Å². The van der Waals surface area contributed by atoms with Gasteiger partial charge in [-0.2, -0.15) is 0 Å². The summed E-state index contributed by atoms with van der Waals surface area (Å²) in [6, 6.07) is 6.79. The van der Waals surface area contributed by atoms with E-state index in [9.17, 15) is 31.9 Å². The Morgan fingerprint density at radius 3 is 2.19 bits per heavy atom. The molecule has 0 saturated heterocycles. The number of carbonyl (C=O) groups excluding carboxylic acids is 2. The van der Waals surface area contributed by atoms with Crippen molar-refractivity contribution in [1.82, 2.24) is 10.6 Å². The number of carbonyl (C=O) groups is 3. The van der Waals surface area contributed by atoms with Gasteiger partial charge in [0.1, 0.15) is 17.3 Å². The van der Waals surface area contributed by atoms with Gasteiger partial charge in [0.2, 0.25) is 0 Å². The normalized spacial score (nSPS) is 17.5. The molecule has 0 radical (unpaired) electrons. The summed E-state index contributed by atoms with van der Waals surface area (Å²) in [7, 11) is 0. The molecule has 1 saturated carbocycles. The zero-order valence-corrected chi connectivity index (χ0v) is 20.0. The summed E-state index contributed by atoms with van der Waals surface area (Å²) in [6.07, 6.45) is -3.15. The quantitative estimate of drug-likeness (QED) is 0.314. The van der Waals surface area contributed by atoms with Gasteiger partial charge >= 0.3 is 12.3 Å². The van der Waals surface area contributed by atoms with E-state index in [4.69, 9.17) is 21.4 Å². The van der Waals surface area contributed by atoms with Gasteiger partial charge in [0.15, 0.2) is 0 Å². The number of alkyl halides is 3. The van der Waals surface area contributed by atoms with Crippen LogP contribution in [0, 0.1) is 11.7 Å². The van der Waals surface area contributed by atoms with Crippen molar-refractivity contribution in [2.45, 2.75) is 38.1 Å². The average Bonchev–Trinajstić information content (AvgIpc) is 2.82. The fraction of sp³-hybridized carbons (Fsp3) is 0.375. The minimum Gasteiger partial charge on any atom is -0.490 e. The SMILES string of the molecule is O=C(NCCNC(=O)c1ccc(OC2CCC(C(=O)O)CC2)cc1F)c1ccc(OC(F)(F)F)c(Cl)c1. The fourth-order valence-electron chi connectivity index (χ4n) is 3.77. The van der Waals surface area contributed by atoms with Crippen molar-refractivity contribution in [3.05, 3.63) is 58.4 Å². The molecule has 8 nitrogen and oxygen atoms in total. The van der Waals surface area contributed by atoms with Crippen molar-refractivity contribution in [1.29, 1.82) is 0 Å². The highest BCUT2D eigenvalue weighted by Crippen LogP contribution is 2.31. The van der Waals surface area contributed by atoms with Crippen LogP contribution in [0.3, 0.4) is 0 Å². The fourth-order valence-corrected chi connectivity index (χ4v) is 3.99. The molecule has 0 atom stereocenters. The Labute approximate surface area is 213 Å². The highest BCUT2D eigenvalue weighted by atomic mass is 35.5. The van der Waals surface area contributed by atoms with Crippen LogP contribution < -0.4 is 20.1 Å². The average molecular weight is 547 g/mol. The number of amides is 2. The number of hydrogen-bond acceptors (Lipinski definition) is 5. The molecule has 13 heteroatoms. The third-order valence-corrected chi connectivity index (χ3v) is 5.92. The summed E-state index contributed by atoms with van der Waals surface area (Å²) in [5.41, 5.74) is -0.260. The number of halogens is 5. The molecule has 37 heavy (non-hydrogen) atoms. The van der Waals surface area contributed by atoms with Crippen LogP contribution in [-0.4, -0.2) is 48.4 Å². The van der Waals surface area contributed by atoms with Crippen LogP contribution >= 0.6 is 11.6 Å². The predicted molar refractivity (Wildman–Crippen MR) is 123 cm³/mol. The van der Waals surface area contributed by atoms with E-state index >= 15 is 0 Å². The highest BCUT2D eigenvalue weighted by molar-refractivity contribution is 6.32. The summed E-state index contributed by atoms with van der Waals surface area (Å²) < 4.78 is 60.8. The lowest BCUT2D eigenvalue weighted by atomic mass is 9.87. The van der Waals surface area contributed by atoms with Gasteiger partial charge in [0, 0.05) is 24.7 Å². The van der Waals surface area contributed by atoms with Crippen molar-refractivity contribution >= 4 is 29.4 Å². The molecule has 1 aliphatic rings. The van der Waals surface area contributed by atoms with Crippen LogP contribution in [0.2, 0.25) is 5.02 Å². The number of carboxylic acids is 1. The van der Waals surface area contributed by atoms with Crippen molar-refractivity contribution in [3.8, 4) is 11.5 Å². The minimum atomic E-state index is -4.93. The predicted octanol–water partition coefficient (Wildman–Crippen LogP) is 4.56. The first-order valence-corrected chi connectivity index (χ1v) is 11.6. The van der Waals surface area contributed by atoms with E-state index in [2.05, 4.69) is 15.4 Å². The van der Waals surface area contributed by atoms with E-state index in [1.54, 1.807) is 0 Å². The number of hydrogen-bond donors (Lipinski definition) is 3. The van der Waals surface area contributed by atoms with Crippen LogP contribution in [-0.2, 0) is 4.79 Å². The lowest BCUT2D eigenvalue weighted by Gasteiger charge is -2.26. The zero-order chi connectivity index (χ0) is 27.2. The molecule has 1 aliphatic carbocycles. The maximum atomic E-state index is 14.5. The molecule has 0 aromatic heterocycles. The smallest absolute Gasteiger partial charge is 0.490 e. The molecular weight excluding hydrogens is 524 g/mol. The lowest BCUT2D eigenvalue weighted by Crippen LogP contribution is -2.35. The van der Waals surface area contributed by atoms with Gasteiger partial charge in [-0.1, -0.05) is 11.6 Å². The Balaban J connectivity index is 1.44. The van der Waals surface area contributed by atoms with Gasteiger partial charge < -0.3 is 25.2 Å². The number of aliphatic carboxylic acids is 1. The molecule has 3 rings (SSSR count). The Hall–Kier alpha value is -3.54. The molecule has 0 heterocycles. The topological polar surface area (TPSA) is 114 Å². The van der Waals surface area contributed by atoms with Crippen LogP contribution in [0.25, 0.3) is 0 Å². The second-order valence-electron chi connectivity index (χ2n) is 8.28. The first-order valence-electron chi connectivity index (χ1n) is 11.2. The van der Waals surface area contributed by atoms with Crippen LogP contribution in [0.15, 0.2) is 36.4 Å². The summed E-state index contributed by atoms with van der Waals surface area (Å²) >= 11 is 5.72. The molecule has 2 aromatic carbocycles. The Bertz CT molecular complexity index is 1150. The van der Waals surface area contributed by atoms with Gasteiger partial charge in [-0.05, 0) is 56.0 Å². The Morgan fingerprint density at radius 1 is 0.973 bits per heavy atom. The molecule has 200 valence electrons. The molecule has 2 aromatic rings. The largest absolute Gasteiger partial charge is 0.573 e. The Kier molecular flexibility index (Phi) is 9.19. The number of nitrogens with one attached hydrogen (secondary N) is 2. The van der Waals surface area contributed by atoms with E-state index in [1.165, 1.54) is 12.1 Å². The van der Waals surface area contributed by atoms with Gasteiger partial charge in [0.05, 0.1) is 22.6 Å². The van der Waals surface area contributed by atoms with Crippen molar-refractivity contribution in [3.63, 3.8) is 0 Å². The lowest BCUT2D eigenvalue weighted by molar-refractivity contribution is -0.274. The van der Waals surface area contributed by atoms with E-state index in [-0.39, 0.29) is 36.1 Å². The van der Waals surface area contributed by atoms with Gasteiger partial charge in [0.25, 0.3) is 11.8 Å². The molecule has 1 fully saturated rings. The zero-order valence-electron chi connectivity index (χ0n) is 19.2. The van der Waals surface area contributed by atoms with E-state index in [0.29, 0.717) is 25.7 Å². The van der Waals surface area contributed by atoms with E-state index in [0.717, 1.165) is 24.3 Å². The van der Waals surface area contributed by atoms with Crippen LogP contribution in [0.5, 0.6) is 11.5 Å². The molecule has 3 N–H and O–H groups in total. The van der Waals surface area contributed by atoms with Gasteiger partial charge in [-0.15, -0.1) is 13.2 Å². The van der Waals surface area contributed by atoms with Crippen LogP contribution in [0.4, 0.5) is 17.6 Å². The number of ether oxygens (including phenoxy) is 2. The Morgan fingerprint density at radius 2 is 1.62 bits per heavy atom.